The van der Waals surface area contributed by atoms with Crippen LogP contribution in [0.25, 0.3) is 0 Å². The van der Waals surface area contributed by atoms with Gasteiger partial charge in [0.1, 0.15) is 5.82 Å². The summed E-state index contributed by atoms with van der Waals surface area (Å²) in [5, 5.41) is 7.35. The minimum Gasteiger partial charge on any atom is -0.378 e. The molecule has 0 fully saturated rings. The van der Waals surface area contributed by atoms with Gasteiger partial charge in [0.05, 0.1) is 6.54 Å². The molecule has 17 heavy (non-hydrogen) atoms. The molecule has 2 aromatic rings. The topological polar surface area (TPSA) is 62.7 Å². The number of nitrogens with zero attached hydrogens (tertiary/aromatic N) is 2. The minimum absolute atomic E-state index is 0.159. The van der Waals surface area contributed by atoms with Gasteiger partial charge in [-0.2, -0.15) is 5.10 Å². The summed E-state index contributed by atoms with van der Waals surface area (Å²) in [5.74, 6) is 0.650. The number of hydrogen-bond donors (Lipinski definition) is 2. The van der Waals surface area contributed by atoms with Crippen molar-refractivity contribution in [3.63, 3.8) is 0 Å². The highest BCUT2D eigenvalue weighted by molar-refractivity contribution is 5.44. The first kappa shape index (κ1) is 11.4. The molecule has 0 saturated carbocycles. The van der Waals surface area contributed by atoms with E-state index in [-0.39, 0.29) is 5.69 Å². The third kappa shape index (κ3) is 2.75. The van der Waals surface area contributed by atoms with Crippen molar-refractivity contribution in [3.05, 3.63) is 46.1 Å². The first-order valence-corrected chi connectivity index (χ1v) is 5.65. The Morgan fingerprint density at radius 1 is 1.35 bits per heavy atom. The van der Waals surface area contributed by atoms with Crippen LogP contribution in [0.4, 0.5) is 5.69 Å². The number of H-pyrrole nitrogens is 1. The molecule has 5 nitrogen and oxygen atoms in total. The Morgan fingerprint density at radius 3 is 2.65 bits per heavy atom. The van der Waals surface area contributed by atoms with Crippen LogP contribution in [0.5, 0.6) is 0 Å². The number of benzene rings is 1. The first-order chi connectivity index (χ1) is 8.19. The predicted octanol–water partition coefficient (Wildman–Crippen LogP) is 1.51. The zero-order valence-electron chi connectivity index (χ0n) is 10.0. The number of anilines is 1. The lowest BCUT2D eigenvalue weighted by Crippen LogP contribution is -2.16. The first-order valence-electron chi connectivity index (χ1n) is 5.65. The van der Waals surface area contributed by atoms with Gasteiger partial charge in [0.25, 0.3) is 0 Å². The van der Waals surface area contributed by atoms with Gasteiger partial charge in [-0.15, -0.1) is 0 Å². The van der Waals surface area contributed by atoms with E-state index < -0.39 is 0 Å². The van der Waals surface area contributed by atoms with Crippen molar-refractivity contribution in [1.82, 2.24) is 14.8 Å². The van der Waals surface area contributed by atoms with Crippen LogP contribution in [0.15, 0.2) is 29.1 Å². The summed E-state index contributed by atoms with van der Waals surface area (Å²) in [4.78, 5) is 14.1. The second-order valence-electron chi connectivity index (χ2n) is 3.91. The molecule has 0 amide bonds. The Labute approximate surface area is 99.5 Å². The van der Waals surface area contributed by atoms with E-state index in [1.807, 2.05) is 38.1 Å². The molecule has 0 radical (unpaired) electrons. The van der Waals surface area contributed by atoms with Crippen molar-refractivity contribution in [2.24, 2.45) is 0 Å². The Balaban J connectivity index is 2.02. The molecule has 0 bridgehead atoms. The molecular weight excluding hydrogens is 216 g/mol. The summed E-state index contributed by atoms with van der Waals surface area (Å²) in [5.41, 5.74) is 2.08. The van der Waals surface area contributed by atoms with Crippen LogP contribution in [-0.4, -0.2) is 14.8 Å². The van der Waals surface area contributed by atoms with Gasteiger partial charge in [0, 0.05) is 12.2 Å². The summed E-state index contributed by atoms with van der Waals surface area (Å²) in [7, 11) is 0. The fourth-order valence-corrected chi connectivity index (χ4v) is 1.56. The lowest BCUT2D eigenvalue weighted by atomic mass is 10.2. The molecule has 0 aliphatic heterocycles. The van der Waals surface area contributed by atoms with Gasteiger partial charge in [-0.3, -0.25) is 4.98 Å². The van der Waals surface area contributed by atoms with Crippen LogP contribution in [-0.2, 0) is 13.1 Å². The van der Waals surface area contributed by atoms with E-state index in [1.165, 1.54) is 10.2 Å². The van der Waals surface area contributed by atoms with Gasteiger partial charge in [-0.1, -0.05) is 17.7 Å². The molecule has 0 aliphatic carbocycles. The largest absolute Gasteiger partial charge is 0.378 e. The molecule has 5 heteroatoms. The summed E-state index contributed by atoms with van der Waals surface area (Å²) in [6, 6.07) is 8.08. The lowest BCUT2D eigenvalue weighted by molar-refractivity contribution is 0.627. The molecule has 0 spiro atoms. The molecule has 90 valence electrons. The van der Waals surface area contributed by atoms with E-state index in [9.17, 15) is 4.79 Å². The van der Waals surface area contributed by atoms with Crippen molar-refractivity contribution in [1.29, 1.82) is 0 Å². The highest BCUT2D eigenvalue weighted by Crippen LogP contribution is 2.08. The van der Waals surface area contributed by atoms with Gasteiger partial charge in [-0.05, 0) is 26.0 Å². The number of aromatic amines is 1. The molecule has 2 rings (SSSR count). The fraction of sp³-hybridized carbons (Fsp3) is 0.333. The molecule has 1 heterocycles. The maximum Gasteiger partial charge on any atom is 0.343 e. The molecule has 0 aliphatic rings. The summed E-state index contributed by atoms with van der Waals surface area (Å²) < 4.78 is 1.41. The van der Waals surface area contributed by atoms with Crippen molar-refractivity contribution >= 4 is 5.69 Å². The van der Waals surface area contributed by atoms with E-state index in [4.69, 9.17) is 0 Å². The van der Waals surface area contributed by atoms with Crippen molar-refractivity contribution in [2.75, 3.05) is 5.32 Å². The summed E-state index contributed by atoms with van der Waals surface area (Å²) in [6.45, 7) is 5.04. The summed E-state index contributed by atoms with van der Waals surface area (Å²) in [6.07, 6.45) is 0. The predicted molar refractivity (Wildman–Crippen MR) is 67.0 cm³/mol. The highest BCUT2D eigenvalue weighted by atomic mass is 16.1. The van der Waals surface area contributed by atoms with E-state index in [2.05, 4.69) is 15.4 Å². The molecular formula is C12H16N4O. The number of rotatable bonds is 4. The number of hydrogen-bond acceptors (Lipinski definition) is 3. The van der Waals surface area contributed by atoms with Gasteiger partial charge in [0.2, 0.25) is 0 Å². The number of nitrogens with one attached hydrogen (secondary N) is 2. The lowest BCUT2D eigenvalue weighted by Gasteiger charge is -2.03. The highest BCUT2D eigenvalue weighted by Gasteiger charge is 2.02. The number of aromatic nitrogens is 3. The molecule has 1 aromatic carbocycles. The summed E-state index contributed by atoms with van der Waals surface area (Å²) >= 11 is 0. The zero-order valence-corrected chi connectivity index (χ0v) is 10.0. The molecule has 0 atom stereocenters. The molecule has 1 aromatic heterocycles. The zero-order chi connectivity index (χ0) is 12.3. The molecule has 2 N–H and O–H groups in total. The van der Waals surface area contributed by atoms with Crippen LogP contribution in [0.1, 0.15) is 18.3 Å². The fourth-order valence-electron chi connectivity index (χ4n) is 1.56. The maximum atomic E-state index is 11.3. The van der Waals surface area contributed by atoms with E-state index >= 15 is 0 Å². The smallest absolute Gasteiger partial charge is 0.343 e. The monoisotopic (exact) mass is 232 g/mol. The van der Waals surface area contributed by atoms with Crippen LogP contribution < -0.4 is 11.0 Å². The Kier molecular flexibility index (Phi) is 3.27. The average Bonchev–Trinajstić information content (AvgIpc) is 2.69. The Hall–Kier alpha value is -2.04. The third-order valence-corrected chi connectivity index (χ3v) is 2.54. The van der Waals surface area contributed by atoms with Gasteiger partial charge >= 0.3 is 5.69 Å². The Morgan fingerprint density at radius 2 is 2.06 bits per heavy atom. The second kappa shape index (κ2) is 4.86. The van der Waals surface area contributed by atoms with Crippen molar-refractivity contribution in [2.45, 2.75) is 26.9 Å². The van der Waals surface area contributed by atoms with Crippen LogP contribution in [0.2, 0.25) is 0 Å². The average molecular weight is 232 g/mol. The Bertz CT molecular complexity index is 538. The van der Waals surface area contributed by atoms with E-state index in [0.29, 0.717) is 18.9 Å². The van der Waals surface area contributed by atoms with Crippen molar-refractivity contribution < 1.29 is 0 Å². The minimum atomic E-state index is -0.159. The van der Waals surface area contributed by atoms with Gasteiger partial charge in [-0.25, -0.2) is 9.48 Å². The SMILES string of the molecule is CCn1nc(CNc2ccc(C)cc2)[nH]c1=O. The van der Waals surface area contributed by atoms with Crippen LogP contribution >= 0.6 is 0 Å². The normalized spacial score (nSPS) is 10.5. The van der Waals surface area contributed by atoms with E-state index in [1.54, 1.807) is 0 Å². The maximum absolute atomic E-state index is 11.3. The number of aryl methyl sites for hydroxylation is 2. The molecule has 0 saturated heterocycles. The van der Waals surface area contributed by atoms with Gasteiger partial charge < -0.3 is 5.32 Å². The van der Waals surface area contributed by atoms with Crippen LogP contribution in [0, 0.1) is 6.92 Å². The third-order valence-electron chi connectivity index (χ3n) is 2.54. The standard InChI is InChI=1S/C12H16N4O/c1-3-16-12(17)14-11(15-16)8-13-10-6-4-9(2)5-7-10/h4-7,13H,3,8H2,1-2H3,(H,14,15,17). The van der Waals surface area contributed by atoms with Crippen LogP contribution in [0.3, 0.4) is 0 Å². The van der Waals surface area contributed by atoms with Crippen molar-refractivity contribution in [3.8, 4) is 0 Å². The quantitative estimate of drug-likeness (QED) is 0.840. The molecule has 0 unspecified atom stereocenters. The van der Waals surface area contributed by atoms with Gasteiger partial charge in [0.15, 0.2) is 0 Å². The van der Waals surface area contributed by atoms with E-state index in [0.717, 1.165) is 5.69 Å². The second-order valence-corrected chi connectivity index (χ2v) is 3.91.